The van der Waals surface area contributed by atoms with E-state index in [-0.39, 0.29) is 12.5 Å². The molecule has 0 aromatic heterocycles. The Bertz CT molecular complexity index is 802. The molecule has 0 spiro atoms. The summed E-state index contributed by atoms with van der Waals surface area (Å²) >= 11 is 0. The van der Waals surface area contributed by atoms with Gasteiger partial charge >= 0.3 is 0 Å². The Kier molecular flexibility index (Phi) is 4.51. The van der Waals surface area contributed by atoms with E-state index in [1.165, 1.54) is 0 Å². The molecular formula is C19H23NO3S. The zero-order valence-corrected chi connectivity index (χ0v) is 14.8. The average Bonchev–Trinajstić information content (AvgIpc) is 3.21. The van der Waals surface area contributed by atoms with E-state index in [1.54, 1.807) is 12.1 Å². The highest BCUT2D eigenvalue weighted by Gasteiger charge is 2.69. The van der Waals surface area contributed by atoms with Gasteiger partial charge in [-0.3, -0.25) is 0 Å². The number of hydrogen-bond acceptors (Lipinski definition) is 4. The molecule has 0 radical (unpaired) electrons. The molecule has 2 N–H and O–H groups in total. The van der Waals surface area contributed by atoms with Crippen molar-refractivity contribution in [2.45, 2.75) is 35.4 Å². The summed E-state index contributed by atoms with van der Waals surface area (Å²) in [6.45, 7) is 4.56. The third-order valence-electron chi connectivity index (χ3n) is 4.70. The molecule has 24 heavy (non-hydrogen) atoms. The molecule has 0 aliphatic heterocycles. The van der Waals surface area contributed by atoms with Gasteiger partial charge in [-0.1, -0.05) is 48.0 Å². The lowest BCUT2D eigenvalue weighted by Crippen LogP contribution is -2.36. The summed E-state index contributed by atoms with van der Waals surface area (Å²) < 4.78 is 31.8. The number of nitrogens with two attached hydrogens (primary N) is 1. The molecule has 2 aromatic carbocycles. The van der Waals surface area contributed by atoms with Crippen molar-refractivity contribution in [1.29, 1.82) is 0 Å². The minimum Gasteiger partial charge on any atom is -0.380 e. The highest BCUT2D eigenvalue weighted by Crippen LogP contribution is 2.55. The van der Waals surface area contributed by atoms with Gasteiger partial charge in [0.1, 0.15) is 0 Å². The van der Waals surface area contributed by atoms with Gasteiger partial charge in [0.15, 0.2) is 9.84 Å². The first-order valence-electron chi connectivity index (χ1n) is 8.13. The standard InChI is InChI=1S/C19H23NO3S/c1-3-23-13-19(20)17(15-7-5-4-6-8-15)18(19)24(21,22)16-11-9-14(2)10-12-16/h4-12,17-18H,3,13,20H2,1-2H3/t17-,18+,19-/m1/s1. The second kappa shape index (κ2) is 6.31. The fourth-order valence-electron chi connectivity index (χ4n) is 3.36. The number of aryl methyl sites for hydroxylation is 1. The quantitative estimate of drug-likeness (QED) is 0.874. The Labute approximate surface area is 143 Å². The summed E-state index contributed by atoms with van der Waals surface area (Å²) in [5, 5.41) is -0.665. The van der Waals surface area contributed by atoms with Crippen LogP contribution in [0.1, 0.15) is 24.0 Å². The van der Waals surface area contributed by atoms with Crippen molar-refractivity contribution in [2.24, 2.45) is 5.73 Å². The van der Waals surface area contributed by atoms with Crippen LogP contribution in [0.4, 0.5) is 0 Å². The Morgan fingerprint density at radius 1 is 1.08 bits per heavy atom. The number of sulfone groups is 1. The highest BCUT2D eigenvalue weighted by atomic mass is 32.2. The largest absolute Gasteiger partial charge is 0.380 e. The Balaban J connectivity index is 1.99. The molecule has 0 amide bonds. The molecule has 1 fully saturated rings. The van der Waals surface area contributed by atoms with E-state index in [4.69, 9.17) is 10.5 Å². The molecule has 128 valence electrons. The van der Waals surface area contributed by atoms with Crippen LogP contribution in [-0.4, -0.2) is 32.4 Å². The van der Waals surface area contributed by atoms with Gasteiger partial charge in [-0.15, -0.1) is 0 Å². The second-order valence-electron chi connectivity index (χ2n) is 6.42. The maximum absolute atomic E-state index is 13.1. The van der Waals surface area contributed by atoms with E-state index in [1.807, 2.05) is 56.3 Å². The molecule has 5 heteroatoms. The first kappa shape index (κ1) is 17.1. The van der Waals surface area contributed by atoms with E-state index in [9.17, 15) is 8.42 Å². The van der Waals surface area contributed by atoms with Crippen LogP contribution in [0.5, 0.6) is 0 Å². The third-order valence-corrected chi connectivity index (χ3v) is 7.01. The molecule has 0 unspecified atom stereocenters. The smallest absolute Gasteiger partial charge is 0.183 e. The van der Waals surface area contributed by atoms with Crippen LogP contribution in [-0.2, 0) is 14.6 Å². The summed E-state index contributed by atoms with van der Waals surface area (Å²) in [6.07, 6.45) is 0. The molecule has 0 heterocycles. The van der Waals surface area contributed by atoms with Gasteiger partial charge in [-0.25, -0.2) is 8.42 Å². The number of hydrogen-bond donors (Lipinski definition) is 1. The van der Waals surface area contributed by atoms with Crippen molar-refractivity contribution >= 4 is 9.84 Å². The van der Waals surface area contributed by atoms with Gasteiger partial charge in [0.2, 0.25) is 0 Å². The van der Waals surface area contributed by atoms with Crippen molar-refractivity contribution in [3.63, 3.8) is 0 Å². The van der Waals surface area contributed by atoms with E-state index in [0.717, 1.165) is 11.1 Å². The van der Waals surface area contributed by atoms with Crippen LogP contribution >= 0.6 is 0 Å². The van der Waals surface area contributed by atoms with Gasteiger partial charge < -0.3 is 10.5 Å². The maximum atomic E-state index is 13.1. The van der Waals surface area contributed by atoms with Crippen LogP contribution < -0.4 is 5.73 Å². The van der Waals surface area contributed by atoms with Gasteiger partial charge in [-0.05, 0) is 31.5 Å². The molecule has 3 atom stereocenters. The van der Waals surface area contributed by atoms with Crippen molar-refractivity contribution in [3.05, 3.63) is 65.7 Å². The minimum atomic E-state index is -3.52. The monoisotopic (exact) mass is 345 g/mol. The fourth-order valence-corrected chi connectivity index (χ4v) is 5.65. The summed E-state index contributed by atoms with van der Waals surface area (Å²) in [7, 11) is -3.52. The third kappa shape index (κ3) is 2.88. The van der Waals surface area contributed by atoms with Gasteiger partial charge in [0, 0.05) is 12.5 Å². The van der Waals surface area contributed by atoms with Crippen LogP contribution in [0.2, 0.25) is 0 Å². The average molecular weight is 345 g/mol. The number of rotatable bonds is 6. The van der Waals surface area contributed by atoms with Crippen molar-refractivity contribution in [3.8, 4) is 0 Å². The molecule has 1 aliphatic rings. The van der Waals surface area contributed by atoms with Gasteiger partial charge in [0.05, 0.1) is 22.3 Å². The molecule has 1 aliphatic carbocycles. The highest BCUT2D eigenvalue weighted by molar-refractivity contribution is 7.92. The van der Waals surface area contributed by atoms with E-state index in [0.29, 0.717) is 11.5 Å². The molecule has 3 rings (SSSR count). The second-order valence-corrected chi connectivity index (χ2v) is 8.49. The molecule has 0 bridgehead atoms. The van der Waals surface area contributed by atoms with Crippen LogP contribution in [0.3, 0.4) is 0 Å². The normalized spacial score (nSPS) is 26.3. The summed E-state index contributed by atoms with van der Waals surface area (Å²) in [4.78, 5) is 0.322. The van der Waals surface area contributed by atoms with E-state index in [2.05, 4.69) is 0 Å². The SMILES string of the molecule is CCOC[C@@]1(N)[C@H](c2ccccc2)[C@@H]1S(=O)(=O)c1ccc(C)cc1. The molecule has 1 saturated carbocycles. The van der Waals surface area contributed by atoms with Crippen LogP contribution in [0, 0.1) is 6.92 Å². The lowest BCUT2D eigenvalue weighted by Gasteiger charge is -2.12. The first-order valence-corrected chi connectivity index (χ1v) is 9.68. The molecule has 0 saturated heterocycles. The van der Waals surface area contributed by atoms with Crippen LogP contribution in [0.15, 0.2) is 59.5 Å². The van der Waals surface area contributed by atoms with Gasteiger partial charge in [-0.2, -0.15) is 0 Å². The fraction of sp³-hybridized carbons (Fsp3) is 0.368. The first-order chi connectivity index (χ1) is 11.4. The molecule has 2 aromatic rings. The Morgan fingerprint density at radius 2 is 1.71 bits per heavy atom. The zero-order valence-electron chi connectivity index (χ0n) is 14.0. The zero-order chi connectivity index (χ0) is 17.4. The van der Waals surface area contributed by atoms with Crippen molar-refractivity contribution in [1.82, 2.24) is 0 Å². The van der Waals surface area contributed by atoms with E-state index < -0.39 is 20.6 Å². The lowest BCUT2D eigenvalue weighted by atomic mass is 10.1. The molecule has 4 nitrogen and oxygen atoms in total. The topological polar surface area (TPSA) is 69.4 Å². The minimum absolute atomic E-state index is 0.235. The van der Waals surface area contributed by atoms with Gasteiger partial charge in [0.25, 0.3) is 0 Å². The van der Waals surface area contributed by atoms with Crippen molar-refractivity contribution < 1.29 is 13.2 Å². The van der Waals surface area contributed by atoms with Crippen molar-refractivity contribution in [2.75, 3.05) is 13.2 Å². The Hall–Kier alpha value is -1.69. The molecular weight excluding hydrogens is 322 g/mol. The lowest BCUT2D eigenvalue weighted by molar-refractivity contribution is 0.125. The number of benzene rings is 2. The predicted octanol–water partition coefficient (Wildman–Crippen LogP) is 2.67. The van der Waals surface area contributed by atoms with Crippen LogP contribution in [0.25, 0.3) is 0 Å². The van der Waals surface area contributed by atoms with E-state index >= 15 is 0 Å². The predicted molar refractivity (Wildman–Crippen MR) is 94.7 cm³/mol. The summed E-state index contributed by atoms with van der Waals surface area (Å²) in [6, 6.07) is 16.5. The Morgan fingerprint density at radius 3 is 2.29 bits per heavy atom. The summed E-state index contributed by atoms with van der Waals surface area (Å²) in [5.41, 5.74) is 7.58. The maximum Gasteiger partial charge on any atom is 0.183 e. The number of ether oxygens (including phenoxy) is 1. The summed E-state index contributed by atoms with van der Waals surface area (Å²) in [5.74, 6) is -0.253.